The molecule has 0 aliphatic carbocycles. The highest BCUT2D eigenvalue weighted by atomic mass is 16.4. The summed E-state index contributed by atoms with van der Waals surface area (Å²) in [6.45, 7) is 7.00. The predicted octanol–water partition coefficient (Wildman–Crippen LogP) is 0.852. The molecule has 1 fully saturated rings. The molecular formula is C13H24N2O4. The summed E-state index contributed by atoms with van der Waals surface area (Å²) in [4.78, 5) is 26.8. The fraction of sp³-hybridized carbons (Fsp3) is 0.846. The molecule has 1 saturated heterocycles. The van der Waals surface area contributed by atoms with Crippen molar-refractivity contribution in [3.63, 3.8) is 0 Å². The lowest BCUT2D eigenvalue weighted by Crippen LogP contribution is -2.46. The van der Waals surface area contributed by atoms with E-state index in [1.165, 1.54) is 0 Å². The van der Waals surface area contributed by atoms with Gasteiger partial charge in [0.1, 0.15) is 0 Å². The van der Waals surface area contributed by atoms with Crippen molar-refractivity contribution in [3.8, 4) is 0 Å². The minimum atomic E-state index is -0.839. The summed E-state index contributed by atoms with van der Waals surface area (Å²) in [6.07, 6.45) is 0.537. The van der Waals surface area contributed by atoms with Crippen molar-refractivity contribution < 1.29 is 19.8 Å². The van der Waals surface area contributed by atoms with Crippen LogP contribution in [0, 0.1) is 11.8 Å². The minimum absolute atomic E-state index is 0.0201. The summed E-state index contributed by atoms with van der Waals surface area (Å²) >= 11 is 0. The number of rotatable bonds is 5. The first-order chi connectivity index (χ1) is 8.88. The van der Waals surface area contributed by atoms with Gasteiger partial charge in [0.15, 0.2) is 0 Å². The average molecular weight is 272 g/mol. The van der Waals surface area contributed by atoms with Gasteiger partial charge >= 0.3 is 12.0 Å². The van der Waals surface area contributed by atoms with E-state index in [-0.39, 0.29) is 31.1 Å². The normalized spacial score (nSPS) is 22.9. The minimum Gasteiger partial charge on any atom is -0.481 e. The summed E-state index contributed by atoms with van der Waals surface area (Å²) in [6, 6.07) is -0.0858. The van der Waals surface area contributed by atoms with Crippen molar-refractivity contribution in [2.24, 2.45) is 11.8 Å². The van der Waals surface area contributed by atoms with E-state index in [9.17, 15) is 9.59 Å². The summed E-state index contributed by atoms with van der Waals surface area (Å²) in [7, 11) is 0. The second-order valence-electron chi connectivity index (χ2n) is 5.47. The van der Waals surface area contributed by atoms with E-state index in [4.69, 9.17) is 10.2 Å². The number of hydrogen-bond donors (Lipinski definition) is 2. The van der Waals surface area contributed by atoms with Crippen LogP contribution in [0.3, 0.4) is 0 Å². The third-order valence-corrected chi connectivity index (χ3v) is 3.63. The van der Waals surface area contributed by atoms with Gasteiger partial charge in [0.25, 0.3) is 0 Å². The van der Waals surface area contributed by atoms with Gasteiger partial charge in [-0.3, -0.25) is 4.79 Å². The van der Waals surface area contributed by atoms with E-state index in [0.29, 0.717) is 19.5 Å². The van der Waals surface area contributed by atoms with Crippen LogP contribution in [-0.4, -0.2) is 64.3 Å². The molecule has 0 spiro atoms. The first kappa shape index (κ1) is 15.8. The first-order valence-corrected chi connectivity index (χ1v) is 6.77. The number of carbonyl (C=O) groups is 2. The molecule has 1 aliphatic heterocycles. The van der Waals surface area contributed by atoms with E-state index < -0.39 is 11.9 Å². The molecule has 2 atom stereocenters. The van der Waals surface area contributed by atoms with Crippen LogP contribution in [0.5, 0.6) is 0 Å². The van der Waals surface area contributed by atoms with Gasteiger partial charge in [-0.05, 0) is 26.2 Å². The number of aliphatic hydroxyl groups excluding tert-OH is 1. The average Bonchev–Trinajstić information content (AvgIpc) is 2.71. The second-order valence-corrected chi connectivity index (χ2v) is 5.47. The number of urea groups is 1. The van der Waals surface area contributed by atoms with Crippen molar-refractivity contribution in [2.45, 2.75) is 33.2 Å². The smallest absolute Gasteiger partial charge is 0.320 e. The number of nitrogens with zero attached hydrogens (tertiary/aromatic N) is 2. The fourth-order valence-corrected chi connectivity index (χ4v) is 2.44. The van der Waals surface area contributed by atoms with Crippen molar-refractivity contribution in [1.82, 2.24) is 9.80 Å². The third-order valence-electron chi connectivity index (χ3n) is 3.63. The van der Waals surface area contributed by atoms with Crippen LogP contribution in [0.4, 0.5) is 4.79 Å². The van der Waals surface area contributed by atoms with Crippen LogP contribution in [-0.2, 0) is 4.79 Å². The molecule has 0 aromatic carbocycles. The molecule has 110 valence electrons. The molecule has 2 N–H and O–H groups in total. The zero-order chi connectivity index (χ0) is 14.6. The van der Waals surface area contributed by atoms with Crippen molar-refractivity contribution >= 4 is 12.0 Å². The molecule has 6 nitrogen and oxygen atoms in total. The number of aliphatic hydroxyl groups is 1. The Morgan fingerprint density at radius 3 is 2.42 bits per heavy atom. The van der Waals surface area contributed by atoms with Crippen LogP contribution in [0.25, 0.3) is 0 Å². The Labute approximate surface area is 114 Å². The lowest BCUT2D eigenvalue weighted by Gasteiger charge is -2.31. The van der Waals surface area contributed by atoms with Gasteiger partial charge < -0.3 is 20.0 Å². The number of carboxylic acids is 1. The lowest BCUT2D eigenvalue weighted by molar-refractivity contribution is -0.142. The molecule has 0 saturated carbocycles. The number of hydrogen-bond acceptors (Lipinski definition) is 3. The van der Waals surface area contributed by atoms with Crippen LogP contribution < -0.4 is 0 Å². The van der Waals surface area contributed by atoms with Gasteiger partial charge in [-0.1, -0.05) is 6.92 Å². The number of likely N-dealkylation sites (tertiary alicyclic amines) is 1. The highest BCUT2D eigenvalue weighted by molar-refractivity contribution is 5.78. The number of carboxylic acid groups (broad SMARTS) is 1. The Hall–Kier alpha value is -1.30. The van der Waals surface area contributed by atoms with Gasteiger partial charge in [-0.2, -0.15) is 0 Å². The molecule has 0 radical (unpaired) electrons. The molecule has 19 heavy (non-hydrogen) atoms. The number of aliphatic carboxylic acids is 1. The number of amides is 2. The van der Waals surface area contributed by atoms with Gasteiger partial charge in [0.05, 0.1) is 5.92 Å². The van der Waals surface area contributed by atoms with E-state index in [1.54, 1.807) is 9.80 Å². The molecule has 0 aromatic heterocycles. The maximum atomic E-state index is 12.4. The Kier molecular flexibility index (Phi) is 5.60. The molecule has 6 heteroatoms. The molecule has 2 unspecified atom stereocenters. The summed E-state index contributed by atoms with van der Waals surface area (Å²) in [5.41, 5.74) is 0. The molecular weight excluding hydrogens is 248 g/mol. The van der Waals surface area contributed by atoms with E-state index in [2.05, 4.69) is 0 Å². The number of carbonyl (C=O) groups excluding carboxylic acids is 1. The second kappa shape index (κ2) is 6.75. The maximum absolute atomic E-state index is 12.4. The standard InChI is InChI=1S/C13H24N2O4/c1-9(2)15(5-4-6-16)13(19)14-7-10(3)11(8-14)12(17)18/h9-11,16H,4-8H2,1-3H3,(H,17,18). The molecule has 2 amide bonds. The lowest BCUT2D eigenvalue weighted by atomic mass is 9.99. The van der Waals surface area contributed by atoms with E-state index in [0.717, 1.165) is 0 Å². The van der Waals surface area contributed by atoms with Gasteiger partial charge in [-0.15, -0.1) is 0 Å². The summed E-state index contributed by atoms with van der Waals surface area (Å²) in [5, 5.41) is 18.0. The highest BCUT2D eigenvalue weighted by Gasteiger charge is 2.38. The molecule has 0 aromatic rings. The van der Waals surface area contributed by atoms with Crippen molar-refractivity contribution in [3.05, 3.63) is 0 Å². The molecule has 0 bridgehead atoms. The maximum Gasteiger partial charge on any atom is 0.320 e. The van der Waals surface area contributed by atoms with Gasteiger partial charge in [-0.25, -0.2) is 4.79 Å². The Balaban J connectivity index is 2.68. The molecule has 1 aliphatic rings. The van der Waals surface area contributed by atoms with Gasteiger partial charge in [0.2, 0.25) is 0 Å². The largest absolute Gasteiger partial charge is 0.481 e. The molecule has 1 heterocycles. The quantitative estimate of drug-likeness (QED) is 0.777. The van der Waals surface area contributed by atoms with Crippen LogP contribution in [0.2, 0.25) is 0 Å². The fourth-order valence-electron chi connectivity index (χ4n) is 2.44. The summed E-state index contributed by atoms with van der Waals surface area (Å²) < 4.78 is 0. The van der Waals surface area contributed by atoms with Crippen molar-refractivity contribution in [1.29, 1.82) is 0 Å². The predicted molar refractivity (Wildman–Crippen MR) is 70.8 cm³/mol. The zero-order valence-corrected chi connectivity index (χ0v) is 11.9. The summed E-state index contributed by atoms with van der Waals surface area (Å²) in [5.74, 6) is -1.33. The van der Waals surface area contributed by atoms with Crippen LogP contribution in [0.1, 0.15) is 27.2 Å². The SMILES string of the molecule is CC1CN(C(=O)N(CCCO)C(C)C)CC1C(=O)O. The van der Waals surface area contributed by atoms with Crippen LogP contribution in [0.15, 0.2) is 0 Å². The Morgan fingerprint density at radius 2 is 2.00 bits per heavy atom. The Morgan fingerprint density at radius 1 is 1.37 bits per heavy atom. The van der Waals surface area contributed by atoms with Crippen molar-refractivity contribution in [2.75, 3.05) is 26.2 Å². The molecule has 1 rings (SSSR count). The zero-order valence-electron chi connectivity index (χ0n) is 11.9. The van der Waals surface area contributed by atoms with Crippen LogP contribution >= 0.6 is 0 Å². The monoisotopic (exact) mass is 272 g/mol. The topological polar surface area (TPSA) is 81.1 Å². The van der Waals surface area contributed by atoms with E-state index in [1.807, 2.05) is 20.8 Å². The van der Waals surface area contributed by atoms with E-state index >= 15 is 0 Å². The Bertz CT molecular complexity index is 333. The first-order valence-electron chi connectivity index (χ1n) is 6.77. The third kappa shape index (κ3) is 3.83. The van der Waals surface area contributed by atoms with Gasteiger partial charge in [0, 0.05) is 32.3 Å². The highest BCUT2D eigenvalue weighted by Crippen LogP contribution is 2.24.